The van der Waals surface area contributed by atoms with Crippen LogP contribution in [0.1, 0.15) is 35.7 Å². The van der Waals surface area contributed by atoms with Crippen molar-refractivity contribution in [3.63, 3.8) is 0 Å². The lowest BCUT2D eigenvalue weighted by atomic mass is 9.90. The van der Waals surface area contributed by atoms with Crippen molar-refractivity contribution in [2.45, 2.75) is 19.8 Å². The van der Waals surface area contributed by atoms with Gasteiger partial charge in [-0.3, -0.25) is 9.59 Å². The molecule has 2 aromatic rings. The Bertz CT molecular complexity index is 801. The third-order valence-corrected chi connectivity index (χ3v) is 4.54. The topological polar surface area (TPSA) is 72.6 Å². The summed E-state index contributed by atoms with van der Waals surface area (Å²) in [6.07, 6.45) is 0. The number of rotatable bonds is 5. The summed E-state index contributed by atoms with van der Waals surface area (Å²) in [5.74, 6) is 0.403. The van der Waals surface area contributed by atoms with Gasteiger partial charge in [-0.05, 0) is 29.7 Å². The number of hydrogen-bond donors (Lipinski definition) is 1. The van der Waals surface area contributed by atoms with E-state index >= 15 is 0 Å². The molecule has 5 nitrogen and oxygen atoms in total. The van der Waals surface area contributed by atoms with Crippen molar-refractivity contribution in [1.82, 2.24) is 0 Å². The highest BCUT2D eigenvalue weighted by molar-refractivity contribution is 6.09. The highest BCUT2D eigenvalue weighted by Crippen LogP contribution is 2.41. The van der Waals surface area contributed by atoms with Crippen LogP contribution in [-0.4, -0.2) is 25.0 Å². The van der Waals surface area contributed by atoms with Gasteiger partial charge in [0.25, 0.3) is 11.8 Å². The molecule has 5 heteroatoms. The molecule has 0 saturated carbocycles. The van der Waals surface area contributed by atoms with E-state index in [2.05, 4.69) is 19.9 Å². The van der Waals surface area contributed by atoms with Crippen LogP contribution in [0.3, 0.4) is 0 Å². The number of anilines is 1. The minimum absolute atomic E-state index is 0.129. The molecule has 3 rings (SSSR count). The van der Waals surface area contributed by atoms with Crippen LogP contribution < -0.4 is 15.4 Å². The molecule has 2 amide bonds. The van der Waals surface area contributed by atoms with Crippen LogP contribution in [0.15, 0.2) is 48.5 Å². The molecule has 1 aliphatic heterocycles. The molecule has 0 radical (unpaired) electrons. The number of benzene rings is 2. The van der Waals surface area contributed by atoms with E-state index in [4.69, 9.17) is 10.5 Å². The van der Waals surface area contributed by atoms with Crippen LogP contribution in [-0.2, 0) is 4.79 Å². The van der Waals surface area contributed by atoms with E-state index in [0.29, 0.717) is 29.7 Å². The lowest BCUT2D eigenvalue weighted by molar-refractivity contribution is -0.119. The largest absolute Gasteiger partial charge is 0.483 e. The Morgan fingerprint density at radius 3 is 2.56 bits per heavy atom. The smallest absolute Gasteiger partial charge is 0.262 e. The highest BCUT2D eigenvalue weighted by Gasteiger charge is 2.34. The zero-order chi connectivity index (χ0) is 18.0. The molecule has 1 atom stereocenters. The Morgan fingerprint density at radius 2 is 1.84 bits per heavy atom. The van der Waals surface area contributed by atoms with Gasteiger partial charge < -0.3 is 15.4 Å². The number of primary amides is 1. The van der Waals surface area contributed by atoms with E-state index in [1.54, 1.807) is 29.2 Å². The van der Waals surface area contributed by atoms with Crippen molar-refractivity contribution >= 4 is 17.5 Å². The van der Waals surface area contributed by atoms with Gasteiger partial charge in [0, 0.05) is 18.2 Å². The van der Waals surface area contributed by atoms with Crippen molar-refractivity contribution in [1.29, 1.82) is 0 Å². The molecular weight excluding hydrogens is 316 g/mol. The first-order valence-electron chi connectivity index (χ1n) is 8.40. The molecule has 0 bridgehead atoms. The Kier molecular flexibility index (Phi) is 4.74. The summed E-state index contributed by atoms with van der Waals surface area (Å²) in [7, 11) is 0. The first kappa shape index (κ1) is 17.0. The Balaban J connectivity index is 1.93. The van der Waals surface area contributed by atoms with Gasteiger partial charge in [-0.1, -0.05) is 44.2 Å². The third-order valence-electron chi connectivity index (χ3n) is 4.54. The maximum Gasteiger partial charge on any atom is 0.262 e. The van der Waals surface area contributed by atoms with Gasteiger partial charge in [0.2, 0.25) is 0 Å². The SMILES string of the molecule is CC(C)C1CN(C(=O)c2ccccc2OCC(N)=O)c2ccccc21. The van der Waals surface area contributed by atoms with E-state index in [1.165, 1.54) is 5.56 Å². The predicted molar refractivity (Wildman–Crippen MR) is 96.8 cm³/mol. The quantitative estimate of drug-likeness (QED) is 0.911. The van der Waals surface area contributed by atoms with Crippen molar-refractivity contribution in [2.75, 3.05) is 18.1 Å². The molecule has 25 heavy (non-hydrogen) atoms. The van der Waals surface area contributed by atoms with Gasteiger partial charge in [0.15, 0.2) is 6.61 Å². The normalized spacial score (nSPS) is 16.0. The first-order valence-corrected chi connectivity index (χ1v) is 8.40. The second kappa shape index (κ2) is 6.97. The number of nitrogens with two attached hydrogens (primary N) is 1. The van der Waals surface area contributed by atoms with Crippen molar-refractivity contribution in [3.05, 3.63) is 59.7 Å². The molecule has 0 saturated heterocycles. The molecular formula is C20H22N2O3. The number of hydrogen-bond acceptors (Lipinski definition) is 3. The van der Waals surface area contributed by atoms with Crippen LogP contribution >= 0.6 is 0 Å². The summed E-state index contributed by atoms with van der Waals surface area (Å²) in [6, 6.07) is 14.9. The van der Waals surface area contributed by atoms with Gasteiger partial charge >= 0.3 is 0 Å². The molecule has 1 unspecified atom stereocenters. The predicted octanol–water partition coefficient (Wildman–Crippen LogP) is 2.95. The van der Waals surface area contributed by atoms with E-state index < -0.39 is 5.91 Å². The molecule has 2 N–H and O–H groups in total. The number of amides is 2. The monoisotopic (exact) mass is 338 g/mol. The van der Waals surface area contributed by atoms with Crippen molar-refractivity contribution in [3.8, 4) is 5.75 Å². The van der Waals surface area contributed by atoms with Gasteiger partial charge in [0.1, 0.15) is 5.75 Å². The summed E-state index contributed by atoms with van der Waals surface area (Å²) in [4.78, 5) is 26.0. The van der Waals surface area contributed by atoms with Crippen LogP contribution in [0.2, 0.25) is 0 Å². The second-order valence-corrected chi connectivity index (χ2v) is 6.58. The maximum atomic E-state index is 13.2. The number of carbonyl (C=O) groups is 2. The maximum absolute atomic E-state index is 13.2. The molecule has 1 heterocycles. The van der Waals surface area contributed by atoms with E-state index in [0.717, 1.165) is 5.69 Å². The van der Waals surface area contributed by atoms with Crippen molar-refractivity contribution < 1.29 is 14.3 Å². The Hall–Kier alpha value is -2.82. The molecule has 130 valence electrons. The minimum atomic E-state index is -0.575. The molecule has 1 aliphatic rings. The summed E-state index contributed by atoms with van der Waals surface area (Å²) in [5.41, 5.74) is 7.71. The van der Waals surface area contributed by atoms with Crippen LogP contribution in [0.4, 0.5) is 5.69 Å². The summed E-state index contributed by atoms with van der Waals surface area (Å²) in [5, 5.41) is 0. The van der Waals surface area contributed by atoms with Crippen LogP contribution in [0.25, 0.3) is 0 Å². The summed E-state index contributed by atoms with van der Waals surface area (Å²) in [6.45, 7) is 4.72. The Labute approximate surface area is 147 Å². The first-order chi connectivity index (χ1) is 12.0. The lowest BCUT2D eigenvalue weighted by Crippen LogP contribution is -2.31. The second-order valence-electron chi connectivity index (χ2n) is 6.58. The van der Waals surface area contributed by atoms with E-state index in [9.17, 15) is 9.59 Å². The van der Waals surface area contributed by atoms with E-state index in [1.807, 2.05) is 18.2 Å². The number of nitrogens with zero attached hydrogens (tertiary/aromatic N) is 1. The van der Waals surface area contributed by atoms with Gasteiger partial charge in [-0.15, -0.1) is 0 Å². The van der Waals surface area contributed by atoms with Gasteiger partial charge in [-0.2, -0.15) is 0 Å². The zero-order valence-electron chi connectivity index (χ0n) is 14.4. The van der Waals surface area contributed by atoms with E-state index in [-0.39, 0.29) is 12.5 Å². The molecule has 0 aromatic heterocycles. The van der Waals surface area contributed by atoms with Crippen molar-refractivity contribution in [2.24, 2.45) is 11.7 Å². The minimum Gasteiger partial charge on any atom is -0.483 e. The van der Waals surface area contributed by atoms with Crippen LogP contribution in [0.5, 0.6) is 5.75 Å². The molecule has 0 fully saturated rings. The number of para-hydroxylation sites is 2. The molecule has 0 spiro atoms. The van der Waals surface area contributed by atoms with Crippen LogP contribution in [0, 0.1) is 5.92 Å². The standard InChI is InChI=1S/C20H22N2O3/c1-13(2)16-11-22(17-9-5-3-7-14(16)17)20(24)15-8-4-6-10-18(15)25-12-19(21)23/h3-10,13,16H,11-12H2,1-2H3,(H2,21,23). The fraction of sp³-hybridized carbons (Fsp3) is 0.300. The fourth-order valence-electron chi connectivity index (χ4n) is 3.27. The molecule has 2 aromatic carbocycles. The molecule has 0 aliphatic carbocycles. The summed E-state index contributed by atoms with van der Waals surface area (Å²) < 4.78 is 5.42. The lowest BCUT2D eigenvalue weighted by Gasteiger charge is -2.20. The zero-order valence-corrected chi connectivity index (χ0v) is 14.4. The van der Waals surface area contributed by atoms with Gasteiger partial charge in [0.05, 0.1) is 5.56 Å². The van der Waals surface area contributed by atoms with Gasteiger partial charge in [-0.25, -0.2) is 0 Å². The highest BCUT2D eigenvalue weighted by atomic mass is 16.5. The fourth-order valence-corrected chi connectivity index (χ4v) is 3.27. The number of carbonyl (C=O) groups excluding carboxylic acids is 2. The average Bonchev–Trinajstić information content (AvgIpc) is 2.99. The summed E-state index contributed by atoms with van der Waals surface area (Å²) >= 11 is 0. The third kappa shape index (κ3) is 3.36. The average molecular weight is 338 g/mol. The number of fused-ring (bicyclic) bond motifs is 1. The Morgan fingerprint density at radius 1 is 1.16 bits per heavy atom. The number of ether oxygens (including phenoxy) is 1.